The minimum absolute atomic E-state index is 0.0653. The van der Waals surface area contributed by atoms with E-state index < -0.39 is 5.97 Å². The van der Waals surface area contributed by atoms with Crippen LogP contribution in [0, 0.1) is 19.8 Å². The summed E-state index contributed by atoms with van der Waals surface area (Å²) in [6.07, 6.45) is 2.99. The zero-order valence-corrected chi connectivity index (χ0v) is 17.4. The Kier molecular flexibility index (Phi) is 6.40. The van der Waals surface area contributed by atoms with Crippen molar-refractivity contribution >= 4 is 28.9 Å². The van der Waals surface area contributed by atoms with Gasteiger partial charge in [0.15, 0.2) is 0 Å². The number of nitrogens with zero attached hydrogens (tertiary/aromatic N) is 1. The Labute approximate surface area is 168 Å². The highest BCUT2D eigenvalue weighted by Gasteiger charge is 2.28. The highest BCUT2D eigenvalue weighted by atomic mass is 35.5. The molecule has 0 spiro atoms. The molecule has 0 bridgehead atoms. The van der Waals surface area contributed by atoms with Gasteiger partial charge >= 0.3 is 5.97 Å². The lowest BCUT2D eigenvalue weighted by molar-refractivity contribution is -0.143. The highest BCUT2D eigenvalue weighted by molar-refractivity contribution is 7.16. The van der Waals surface area contributed by atoms with Gasteiger partial charge in [0.25, 0.3) is 0 Å². The van der Waals surface area contributed by atoms with Crippen LogP contribution in [-0.2, 0) is 11.3 Å². The summed E-state index contributed by atoms with van der Waals surface area (Å²) in [6.45, 7) is 4.63. The minimum atomic E-state index is -0.726. The van der Waals surface area contributed by atoms with E-state index in [9.17, 15) is 9.90 Å². The summed E-state index contributed by atoms with van der Waals surface area (Å²) in [4.78, 5) is 18.2. The molecule has 2 atom stereocenters. The molecule has 3 rings (SSSR count). The second-order valence-corrected chi connectivity index (χ2v) is 8.63. The topological polar surface area (TPSA) is 71.5 Å². The van der Waals surface area contributed by atoms with Gasteiger partial charge in [0, 0.05) is 17.0 Å². The molecule has 0 radical (unpaired) electrons. The summed E-state index contributed by atoms with van der Waals surface area (Å²) in [5.74, 6) is -0.309. The van der Waals surface area contributed by atoms with Gasteiger partial charge < -0.3 is 15.2 Å². The first-order valence-corrected chi connectivity index (χ1v) is 10.4. The van der Waals surface area contributed by atoms with Gasteiger partial charge in [-0.15, -0.1) is 11.3 Å². The van der Waals surface area contributed by atoms with Crippen LogP contribution in [0.1, 0.15) is 41.8 Å². The number of nitrogens with one attached hydrogen (secondary N) is 1. The third kappa shape index (κ3) is 4.45. The molecule has 1 fully saturated rings. The fourth-order valence-corrected chi connectivity index (χ4v) is 4.94. The smallest absolute Gasteiger partial charge is 0.306 e. The quantitative estimate of drug-likeness (QED) is 0.716. The van der Waals surface area contributed by atoms with Crippen LogP contribution in [0.5, 0.6) is 5.75 Å². The molecule has 1 aliphatic rings. The van der Waals surface area contributed by atoms with Crippen LogP contribution in [0.2, 0.25) is 5.02 Å². The fraction of sp³-hybridized carbons (Fsp3) is 0.500. The standard InChI is InChI=1S/C20H25ClN2O3S/c1-11-17(26-14-6-4-5-13(9-14)20(24)25)8-7-16(23-11)19-15(10-22-3)18(21)12(2)27-19/h7-8,13-14,22H,4-6,9-10H2,1-3H3,(H,24,25)/t13-,14-/m0/s1. The maximum absolute atomic E-state index is 11.3. The van der Waals surface area contributed by atoms with Crippen molar-refractivity contribution < 1.29 is 14.6 Å². The molecule has 2 aromatic heterocycles. The van der Waals surface area contributed by atoms with E-state index in [0.29, 0.717) is 13.0 Å². The Hall–Kier alpha value is -1.63. The zero-order chi connectivity index (χ0) is 19.6. The average molecular weight is 409 g/mol. The lowest BCUT2D eigenvalue weighted by Gasteiger charge is -2.27. The second-order valence-electron chi connectivity index (χ2n) is 7.03. The van der Waals surface area contributed by atoms with E-state index in [4.69, 9.17) is 21.3 Å². The number of ether oxygens (including phenoxy) is 1. The average Bonchev–Trinajstić information content (AvgIpc) is 2.92. The van der Waals surface area contributed by atoms with Gasteiger partial charge in [0.1, 0.15) is 5.75 Å². The van der Waals surface area contributed by atoms with Gasteiger partial charge in [0.2, 0.25) is 0 Å². The van der Waals surface area contributed by atoms with Crippen molar-refractivity contribution in [2.45, 2.75) is 52.2 Å². The van der Waals surface area contributed by atoms with Gasteiger partial charge in [-0.05, 0) is 58.7 Å². The maximum Gasteiger partial charge on any atom is 0.306 e. The van der Waals surface area contributed by atoms with Gasteiger partial charge in [0.05, 0.1) is 33.3 Å². The Bertz CT molecular complexity index is 837. The van der Waals surface area contributed by atoms with E-state index in [1.54, 1.807) is 11.3 Å². The van der Waals surface area contributed by atoms with Crippen molar-refractivity contribution in [3.63, 3.8) is 0 Å². The van der Waals surface area contributed by atoms with Crippen molar-refractivity contribution in [3.05, 3.63) is 33.3 Å². The number of carboxylic acid groups (broad SMARTS) is 1. The second kappa shape index (κ2) is 8.59. The van der Waals surface area contributed by atoms with Gasteiger partial charge in [-0.3, -0.25) is 4.79 Å². The van der Waals surface area contributed by atoms with Crippen LogP contribution in [0.15, 0.2) is 12.1 Å². The molecule has 0 aliphatic heterocycles. The third-order valence-corrected chi connectivity index (χ3v) is 6.79. The summed E-state index contributed by atoms with van der Waals surface area (Å²) < 4.78 is 6.10. The van der Waals surface area contributed by atoms with Gasteiger partial charge in [-0.25, -0.2) is 4.98 Å². The molecule has 2 heterocycles. The molecule has 1 aliphatic carbocycles. The Morgan fingerprint density at radius 1 is 1.41 bits per heavy atom. The lowest BCUT2D eigenvalue weighted by Crippen LogP contribution is -2.29. The number of carboxylic acids is 1. The molecule has 0 saturated heterocycles. The van der Waals surface area contributed by atoms with Gasteiger partial charge in [-0.1, -0.05) is 11.6 Å². The predicted molar refractivity (Wildman–Crippen MR) is 109 cm³/mol. The first kappa shape index (κ1) is 20.1. The van der Waals surface area contributed by atoms with Crippen LogP contribution in [0.25, 0.3) is 10.6 Å². The molecule has 7 heteroatoms. The molecule has 0 unspecified atom stereocenters. The molecule has 0 aromatic carbocycles. The predicted octanol–water partition coefficient (Wildman–Crippen LogP) is 4.82. The van der Waals surface area contributed by atoms with E-state index in [1.165, 1.54) is 0 Å². The third-order valence-electron chi connectivity index (χ3n) is 5.00. The van der Waals surface area contributed by atoms with E-state index in [-0.39, 0.29) is 12.0 Å². The van der Waals surface area contributed by atoms with E-state index in [2.05, 4.69) is 5.32 Å². The summed E-state index contributed by atoms with van der Waals surface area (Å²) >= 11 is 8.10. The number of rotatable bonds is 6. The molecule has 2 aromatic rings. The van der Waals surface area contributed by atoms with Crippen LogP contribution in [0.3, 0.4) is 0 Å². The first-order chi connectivity index (χ1) is 12.9. The monoisotopic (exact) mass is 408 g/mol. The van der Waals surface area contributed by atoms with Crippen LogP contribution >= 0.6 is 22.9 Å². The van der Waals surface area contributed by atoms with Crippen molar-refractivity contribution in [2.75, 3.05) is 7.05 Å². The fourth-order valence-electron chi connectivity index (χ4n) is 3.57. The number of carbonyl (C=O) groups is 1. The molecule has 146 valence electrons. The lowest BCUT2D eigenvalue weighted by atomic mass is 9.87. The summed E-state index contributed by atoms with van der Waals surface area (Å²) in [7, 11) is 1.90. The number of aromatic nitrogens is 1. The number of aliphatic carboxylic acids is 1. The largest absolute Gasteiger partial charge is 0.489 e. The first-order valence-electron chi connectivity index (χ1n) is 9.20. The number of pyridine rings is 1. The van der Waals surface area contributed by atoms with Crippen LogP contribution in [-0.4, -0.2) is 29.2 Å². The summed E-state index contributed by atoms with van der Waals surface area (Å²) in [6, 6.07) is 3.90. The summed E-state index contributed by atoms with van der Waals surface area (Å²) in [5.41, 5.74) is 2.76. The zero-order valence-electron chi connectivity index (χ0n) is 15.8. The molecule has 27 heavy (non-hydrogen) atoms. The molecule has 0 amide bonds. The highest BCUT2D eigenvalue weighted by Crippen LogP contribution is 2.39. The van der Waals surface area contributed by atoms with Crippen LogP contribution < -0.4 is 10.1 Å². The Morgan fingerprint density at radius 3 is 2.85 bits per heavy atom. The number of hydrogen-bond acceptors (Lipinski definition) is 5. The van der Waals surface area contributed by atoms with E-state index in [0.717, 1.165) is 56.7 Å². The Balaban J connectivity index is 1.80. The van der Waals surface area contributed by atoms with Crippen molar-refractivity contribution in [1.29, 1.82) is 0 Å². The van der Waals surface area contributed by atoms with Crippen molar-refractivity contribution in [2.24, 2.45) is 5.92 Å². The summed E-state index contributed by atoms with van der Waals surface area (Å²) in [5, 5.41) is 13.2. The van der Waals surface area contributed by atoms with Crippen molar-refractivity contribution in [1.82, 2.24) is 10.3 Å². The molecule has 2 N–H and O–H groups in total. The molecule has 1 saturated carbocycles. The normalized spacial score (nSPS) is 19.9. The Morgan fingerprint density at radius 2 is 2.19 bits per heavy atom. The van der Waals surface area contributed by atoms with Crippen LogP contribution in [0.4, 0.5) is 0 Å². The number of halogens is 1. The number of aryl methyl sites for hydroxylation is 2. The maximum atomic E-state index is 11.3. The molecular weight excluding hydrogens is 384 g/mol. The minimum Gasteiger partial charge on any atom is -0.489 e. The number of hydrogen-bond donors (Lipinski definition) is 2. The van der Waals surface area contributed by atoms with Gasteiger partial charge in [-0.2, -0.15) is 0 Å². The number of thiophene rings is 1. The molecule has 5 nitrogen and oxygen atoms in total. The van der Waals surface area contributed by atoms with E-state index >= 15 is 0 Å². The van der Waals surface area contributed by atoms with E-state index in [1.807, 2.05) is 33.0 Å². The SMILES string of the molecule is CNCc1c(-c2ccc(O[C@H]3CCC[C@H](C(=O)O)C3)c(C)n2)sc(C)c1Cl. The molecular formula is C20H25ClN2O3S. The van der Waals surface area contributed by atoms with Crippen molar-refractivity contribution in [3.8, 4) is 16.3 Å².